The number of carbonyl (C=O) groups excluding carboxylic acids is 1. The third-order valence-electron chi connectivity index (χ3n) is 3.63. The monoisotopic (exact) mass is 388 g/mol. The van der Waals surface area contributed by atoms with E-state index in [2.05, 4.69) is 15.6 Å². The van der Waals surface area contributed by atoms with E-state index in [9.17, 15) is 4.79 Å². The fourth-order valence-electron chi connectivity index (χ4n) is 2.26. The van der Waals surface area contributed by atoms with Gasteiger partial charge in [0, 0.05) is 11.3 Å². The summed E-state index contributed by atoms with van der Waals surface area (Å²) in [5.74, 6) is 1.53. The van der Waals surface area contributed by atoms with Crippen LogP contribution in [0.25, 0.3) is 0 Å². The number of aromatic nitrogens is 3. The summed E-state index contributed by atoms with van der Waals surface area (Å²) >= 11 is 7.59. The molecular formula is C18H17ClN4O2S. The van der Waals surface area contributed by atoms with Gasteiger partial charge in [-0.1, -0.05) is 53.7 Å². The molecule has 2 aromatic carbocycles. The van der Waals surface area contributed by atoms with Crippen molar-refractivity contribution >= 4 is 29.3 Å². The summed E-state index contributed by atoms with van der Waals surface area (Å²) in [6.07, 6.45) is 0. The summed E-state index contributed by atoms with van der Waals surface area (Å²) in [7, 11) is 1.53. The Morgan fingerprint density at radius 3 is 2.69 bits per heavy atom. The topological polar surface area (TPSA) is 69.0 Å². The predicted molar refractivity (Wildman–Crippen MR) is 102 cm³/mol. The van der Waals surface area contributed by atoms with Gasteiger partial charge in [-0.3, -0.25) is 10.2 Å². The fraction of sp³-hybridized carbons (Fsp3) is 0.167. The van der Waals surface area contributed by atoms with Crippen LogP contribution in [0.4, 0.5) is 0 Å². The molecule has 1 aromatic heterocycles. The molecule has 0 spiro atoms. The van der Waals surface area contributed by atoms with Crippen molar-refractivity contribution in [2.75, 3.05) is 12.5 Å². The first kappa shape index (κ1) is 18.3. The lowest BCUT2D eigenvalue weighted by Gasteiger charge is -2.11. The van der Waals surface area contributed by atoms with Gasteiger partial charge in [0.2, 0.25) is 5.16 Å². The molecule has 0 aliphatic heterocycles. The number of nitrogens with one attached hydrogen (secondary N) is 1. The molecule has 8 heteroatoms. The normalized spacial score (nSPS) is 10.6. The van der Waals surface area contributed by atoms with Crippen LogP contribution in [-0.4, -0.2) is 27.9 Å². The average Bonchev–Trinajstić information content (AvgIpc) is 3.00. The maximum atomic E-state index is 12.5. The quantitative estimate of drug-likeness (QED) is 0.648. The summed E-state index contributed by atoms with van der Waals surface area (Å²) in [5, 5.41) is 9.17. The Labute approximate surface area is 160 Å². The lowest BCUT2D eigenvalue weighted by molar-refractivity contribution is 0.100. The van der Waals surface area contributed by atoms with E-state index in [1.807, 2.05) is 30.3 Å². The molecule has 0 saturated heterocycles. The molecular weight excluding hydrogens is 372 g/mol. The van der Waals surface area contributed by atoms with E-state index in [4.69, 9.17) is 16.3 Å². The van der Waals surface area contributed by atoms with Crippen LogP contribution in [0.15, 0.2) is 53.7 Å². The highest BCUT2D eigenvalue weighted by Gasteiger charge is 2.15. The second kappa shape index (κ2) is 8.25. The molecule has 0 aliphatic carbocycles. The molecule has 6 nitrogen and oxygen atoms in total. The van der Waals surface area contributed by atoms with Crippen LogP contribution < -0.4 is 10.2 Å². The van der Waals surface area contributed by atoms with Crippen LogP contribution in [0.5, 0.6) is 5.75 Å². The van der Waals surface area contributed by atoms with Crippen molar-refractivity contribution in [1.82, 2.24) is 14.9 Å². The van der Waals surface area contributed by atoms with Crippen LogP contribution in [0.3, 0.4) is 0 Å². The van der Waals surface area contributed by atoms with Crippen LogP contribution in [0.2, 0.25) is 5.02 Å². The van der Waals surface area contributed by atoms with E-state index in [0.29, 0.717) is 27.3 Å². The van der Waals surface area contributed by atoms with Crippen LogP contribution in [0, 0.1) is 6.92 Å². The number of rotatable bonds is 6. The smallest absolute Gasteiger partial charge is 0.270 e. The van der Waals surface area contributed by atoms with Gasteiger partial charge >= 0.3 is 0 Å². The highest BCUT2D eigenvalue weighted by molar-refractivity contribution is 7.98. The Balaban J connectivity index is 1.74. The molecule has 0 saturated carbocycles. The molecule has 0 unspecified atom stereocenters. The van der Waals surface area contributed by atoms with Crippen molar-refractivity contribution in [2.45, 2.75) is 17.8 Å². The van der Waals surface area contributed by atoms with Gasteiger partial charge in [0.15, 0.2) is 0 Å². The zero-order valence-electron chi connectivity index (χ0n) is 14.3. The third-order valence-corrected chi connectivity index (χ3v) is 4.93. The molecule has 0 atom stereocenters. The van der Waals surface area contributed by atoms with Gasteiger partial charge in [-0.05, 0) is 30.7 Å². The second-order valence-electron chi connectivity index (χ2n) is 5.43. The Hall–Kier alpha value is -2.51. The van der Waals surface area contributed by atoms with E-state index in [0.717, 1.165) is 11.3 Å². The molecule has 0 radical (unpaired) electrons. The van der Waals surface area contributed by atoms with Crippen molar-refractivity contribution in [3.05, 3.63) is 70.5 Å². The van der Waals surface area contributed by atoms with Crippen molar-refractivity contribution in [1.29, 1.82) is 0 Å². The van der Waals surface area contributed by atoms with Crippen LogP contribution >= 0.6 is 23.4 Å². The maximum Gasteiger partial charge on any atom is 0.270 e. The minimum Gasteiger partial charge on any atom is -0.495 e. The number of nitrogens with zero attached hydrogens (tertiary/aromatic N) is 3. The zero-order valence-corrected chi connectivity index (χ0v) is 15.8. The molecule has 1 heterocycles. The first-order valence-electron chi connectivity index (χ1n) is 7.82. The number of carbonyl (C=O) groups is 1. The Morgan fingerprint density at radius 2 is 2.00 bits per heavy atom. The minimum atomic E-state index is -0.306. The van der Waals surface area contributed by atoms with Gasteiger partial charge in [0.1, 0.15) is 11.6 Å². The standard InChI is InChI=1S/C18H17ClN4O2S/c1-12-20-21-18(26-11-13-6-4-3-5-7-13)23(12)22-17(24)14-8-9-16(25-2)15(19)10-14/h3-10H,11H2,1-2H3,(H,22,24). The molecule has 3 rings (SSSR count). The summed E-state index contributed by atoms with van der Waals surface area (Å²) in [5.41, 5.74) is 4.39. The van der Waals surface area contributed by atoms with Crippen molar-refractivity contribution in [3.63, 3.8) is 0 Å². The van der Waals surface area contributed by atoms with Crippen LogP contribution in [0.1, 0.15) is 21.7 Å². The SMILES string of the molecule is COc1ccc(C(=O)Nn2c(C)nnc2SCc2ccccc2)cc1Cl. The summed E-state index contributed by atoms with van der Waals surface area (Å²) < 4.78 is 6.68. The van der Waals surface area contributed by atoms with Gasteiger partial charge in [-0.25, -0.2) is 4.68 Å². The Morgan fingerprint density at radius 1 is 1.23 bits per heavy atom. The number of hydrogen-bond acceptors (Lipinski definition) is 5. The van der Waals surface area contributed by atoms with Crippen molar-refractivity contribution < 1.29 is 9.53 Å². The maximum absolute atomic E-state index is 12.5. The fourth-order valence-corrected chi connectivity index (χ4v) is 3.41. The first-order chi connectivity index (χ1) is 12.6. The lowest BCUT2D eigenvalue weighted by atomic mass is 10.2. The molecule has 1 amide bonds. The van der Waals surface area contributed by atoms with Gasteiger partial charge < -0.3 is 4.74 Å². The average molecular weight is 389 g/mol. The first-order valence-corrected chi connectivity index (χ1v) is 9.18. The number of methoxy groups -OCH3 is 1. The number of amides is 1. The number of thioether (sulfide) groups is 1. The van der Waals surface area contributed by atoms with Gasteiger partial charge in [0.25, 0.3) is 5.91 Å². The highest BCUT2D eigenvalue weighted by Crippen LogP contribution is 2.25. The molecule has 0 bridgehead atoms. The van der Waals surface area contributed by atoms with E-state index < -0.39 is 0 Å². The number of ether oxygens (including phenoxy) is 1. The molecule has 3 aromatic rings. The number of benzene rings is 2. The summed E-state index contributed by atoms with van der Waals surface area (Å²) in [4.78, 5) is 12.5. The number of aryl methyl sites for hydroxylation is 1. The predicted octanol–water partition coefficient (Wildman–Crippen LogP) is 3.92. The van der Waals surface area contributed by atoms with Crippen molar-refractivity contribution in [3.8, 4) is 5.75 Å². The highest BCUT2D eigenvalue weighted by atomic mass is 35.5. The molecule has 0 fully saturated rings. The molecule has 1 N–H and O–H groups in total. The van der Waals surface area contributed by atoms with Crippen molar-refractivity contribution in [2.24, 2.45) is 0 Å². The van der Waals surface area contributed by atoms with E-state index in [1.54, 1.807) is 29.8 Å². The number of hydrogen-bond donors (Lipinski definition) is 1. The molecule has 0 aliphatic rings. The minimum absolute atomic E-state index is 0.306. The number of halogens is 1. The van der Waals surface area contributed by atoms with Gasteiger partial charge in [-0.2, -0.15) is 0 Å². The third kappa shape index (κ3) is 4.17. The lowest BCUT2D eigenvalue weighted by Crippen LogP contribution is -2.24. The van der Waals surface area contributed by atoms with Crippen LogP contribution in [-0.2, 0) is 5.75 Å². The van der Waals surface area contributed by atoms with E-state index in [-0.39, 0.29) is 5.91 Å². The molecule has 134 valence electrons. The van der Waals surface area contributed by atoms with E-state index in [1.165, 1.54) is 18.9 Å². The Kier molecular flexibility index (Phi) is 5.80. The van der Waals surface area contributed by atoms with Gasteiger partial charge in [0.05, 0.1) is 12.1 Å². The largest absolute Gasteiger partial charge is 0.495 e. The molecule has 26 heavy (non-hydrogen) atoms. The van der Waals surface area contributed by atoms with E-state index >= 15 is 0 Å². The van der Waals surface area contributed by atoms with Gasteiger partial charge in [-0.15, -0.1) is 10.2 Å². The second-order valence-corrected chi connectivity index (χ2v) is 6.78. The Bertz CT molecular complexity index is 915. The summed E-state index contributed by atoms with van der Waals surface area (Å²) in [6, 6.07) is 14.9. The summed E-state index contributed by atoms with van der Waals surface area (Å²) in [6.45, 7) is 1.78. The zero-order chi connectivity index (χ0) is 18.5.